The molecule has 1 atom stereocenters. The van der Waals surface area contributed by atoms with Gasteiger partial charge >= 0.3 is 0 Å². The second kappa shape index (κ2) is 9.71. The fraction of sp³-hybridized carbons (Fsp3) is 0.107. The van der Waals surface area contributed by atoms with Gasteiger partial charge in [0.1, 0.15) is 17.4 Å². The Morgan fingerprint density at radius 1 is 0.889 bits per heavy atom. The Labute approximate surface area is 213 Å². The van der Waals surface area contributed by atoms with Gasteiger partial charge in [-0.15, -0.1) is 0 Å². The Morgan fingerprint density at radius 2 is 1.61 bits per heavy atom. The van der Waals surface area contributed by atoms with Crippen LogP contribution in [0.25, 0.3) is 0 Å². The number of anilines is 3. The van der Waals surface area contributed by atoms with Gasteiger partial charge in [-0.3, -0.25) is 9.59 Å². The minimum absolute atomic E-state index is 0.275. The molecule has 5 rings (SSSR count). The molecule has 180 valence electrons. The van der Waals surface area contributed by atoms with Crippen LogP contribution in [0.3, 0.4) is 0 Å². The standard InChI is InChI=1S/C28H24ClN5O2/c1-17-8-6-13-22(14-17)33-27(35)23-16-30-34-25(19-9-7-10-20(29)15-19)24(18(2)31-26(23)34)28(36)32-21-11-4-3-5-12-21/h3-16,25,31H,1-2H3,(H,32,36)(H,33,35)/t25-/m1/s1. The molecule has 0 spiro atoms. The molecule has 1 aromatic heterocycles. The summed E-state index contributed by atoms with van der Waals surface area (Å²) in [6.07, 6.45) is 1.51. The highest BCUT2D eigenvalue weighted by Crippen LogP contribution is 2.38. The van der Waals surface area contributed by atoms with Gasteiger partial charge in [0, 0.05) is 22.1 Å². The van der Waals surface area contributed by atoms with Gasteiger partial charge < -0.3 is 16.0 Å². The number of para-hydroxylation sites is 1. The summed E-state index contributed by atoms with van der Waals surface area (Å²) in [4.78, 5) is 26.7. The van der Waals surface area contributed by atoms with E-state index in [1.807, 2.05) is 80.6 Å². The summed E-state index contributed by atoms with van der Waals surface area (Å²) < 4.78 is 1.66. The van der Waals surface area contributed by atoms with Crippen molar-refractivity contribution in [3.05, 3.63) is 118 Å². The SMILES string of the molecule is CC1=C(C(=O)Nc2ccccc2)[C@@H](c2cccc(Cl)c2)n2ncc(C(=O)Nc3cccc(C)c3)c2N1. The number of aryl methyl sites for hydroxylation is 1. The number of aromatic nitrogens is 2. The summed E-state index contributed by atoms with van der Waals surface area (Å²) in [5.41, 5.74) is 4.64. The predicted octanol–water partition coefficient (Wildman–Crippen LogP) is 6.02. The van der Waals surface area contributed by atoms with Crippen molar-refractivity contribution < 1.29 is 9.59 Å². The molecule has 1 aliphatic heterocycles. The number of hydrogen-bond acceptors (Lipinski definition) is 4. The van der Waals surface area contributed by atoms with Crippen LogP contribution in [-0.2, 0) is 4.79 Å². The number of allylic oxidation sites excluding steroid dienone is 1. The van der Waals surface area contributed by atoms with Gasteiger partial charge in [-0.05, 0) is 61.4 Å². The van der Waals surface area contributed by atoms with Gasteiger partial charge in [0.2, 0.25) is 0 Å². The Morgan fingerprint density at radius 3 is 2.36 bits per heavy atom. The van der Waals surface area contributed by atoms with Crippen LogP contribution >= 0.6 is 11.6 Å². The molecule has 0 aliphatic carbocycles. The smallest absolute Gasteiger partial charge is 0.261 e. The lowest BCUT2D eigenvalue weighted by molar-refractivity contribution is -0.113. The van der Waals surface area contributed by atoms with Crippen molar-refractivity contribution in [2.24, 2.45) is 0 Å². The van der Waals surface area contributed by atoms with Gasteiger partial charge in [-0.1, -0.05) is 54.1 Å². The third-order valence-electron chi connectivity index (χ3n) is 5.98. The highest BCUT2D eigenvalue weighted by atomic mass is 35.5. The molecule has 8 heteroatoms. The molecule has 0 radical (unpaired) electrons. The largest absolute Gasteiger partial charge is 0.343 e. The van der Waals surface area contributed by atoms with E-state index in [0.717, 1.165) is 11.1 Å². The van der Waals surface area contributed by atoms with E-state index in [1.165, 1.54) is 6.20 Å². The topological polar surface area (TPSA) is 88.0 Å². The summed E-state index contributed by atoms with van der Waals surface area (Å²) in [5.74, 6) is -0.0776. The highest BCUT2D eigenvalue weighted by Gasteiger charge is 2.35. The van der Waals surface area contributed by atoms with E-state index < -0.39 is 6.04 Å². The van der Waals surface area contributed by atoms with Gasteiger partial charge in [-0.2, -0.15) is 5.10 Å². The molecule has 0 saturated heterocycles. The quantitative estimate of drug-likeness (QED) is 0.314. The predicted molar refractivity (Wildman–Crippen MR) is 142 cm³/mol. The second-order valence-electron chi connectivity index (χ2n) is 8.62. The molecule has 2 heterocycles. The Hall–Kier alpha value is -4.36. The van der Waals surface area contributed by atoms with Crippen LogP contribution in [0.5, 0.6) is 0 Å². The number of carbonyl (C=O) groups is 2. The fourth-order valence-electron chi connectivity index (χ4n) is 4.34. The van der Waals surface area contributed by atoms with Crippen LogP contribution in [-0.4, -0.2) is 21.6 Å². The van der Waals surface area contributed by atoms with Crippen molar-refractivity contribution in [2.45, 2.75) is 19.9 Å². The molecule has 1 aliphatic rings. The van der Waals surface area contributed by atoms with E-state index >= 15 is 0 Å². The van der Waals surface area contributed by atoms with Crippen LogP contribution in [0.2, 0.25) is 5.02 Å². The number of benzene rings is 3. The molecule has 7 nitrogen and oxygen atoms in total. The average Bonchev–Trinajstić information content (AvgIpc) is 3.27. The number of hydrogen-bond donors (Lipinski definition) is 3. The van der Waals surface area contributed by atoms with Crippen LogP contribution < -0.4 is 16.0 Å². The third-order valence-corrected chi connectivity index (χ3v) is 6.22. The zero-order chi connectivity index (χ0) is 25.2. The Balaban J connectivity index is 1.55. The number of halogens is 1. The molecule has 4 aromatic rings. The molecular weight excluding hydrogens is 474 g/mol. The maximum absolute atomic E-state index is 13.5. The van der Waals surface area contributed by atoms with E-state index in [-0.39, 0.29) is 11.8 Å². The van der Waals surface area contributed by atoms with Gasteiger partial charge in [-0.25, -0.2) is 4.68 Å². The van der Waals surface area contributed by atoms with Gasteiger partial charge in [0.25, 0.3) is 11.8 Å². The molecule has 0 unspecified atom stereocenters. The summed E-state index contributed by atoms with van der Waals surface area (Å²) in [5, 5.41) is 14.2. The van der Waals surface area contributed by atoms with E-state index in [4.69, 9.17) is 11.6 Å². The number of nitrogens with one attached hydrogen (secondary N) is 3. The first-order chi connectivity index (χ1) is 17.4. The molecule has 2 amide bonds. The van der Waals surface area contributed by atoms with Crippen molar-refractivity contribution >= 4 is 40.6 Å². The molecular formula is C28H24ClN5O2. The van der Waals surface area contributed by atoms with Crippen LogP contribution in [0.1, 0.15) is 34.5 Å². The molecule has 3 N–H and O–H groups in total. The molecule has 0 fully saturated rings. The first-order valence-electron chi connectivity index (χ1n) is 11.5. The molecule has 3 aromatic carbocycles. The third kappa shape index (κ3) is 4.61. The minimum Gasteiger partial charge on any atom is -0.343 e. The summed E-state index contributed by atoms with van der Waals surface area (Å²) in [7, 11) is 0. The van der Waals surface area contributed by atoms with Crippen molar-refractivity contribution in [1.29, 1.82) is 0 Å². The lowest BCUT2D eigenvalue weighted by Crippen LogP contribution is -2.32. The van der Waals surface area contributed by atoms with E-state index in [9.17, 15) is 9.59 Å². The van der Waals surface area contributed by atoms with E-state index in [0.29, 0.717) is 39.0 Å². The van der Waals surface area contributed by atoms with Crippen molar-refractivity contribution in [1.82, 2.24) is 9.78 Å². The number of amides is 2. The maximum Gasteiger partial charge on any atom is 0.261 e. The van der Waals surface area contributed by atoms with E-state index in [1.54, 1.807) is 16.8 Å². The zero-order valence-electron chi connectivity index (χ0n) is 19.7. The number of carbonyl (C=O) groups excluding carboxylic acids is 2. The lowest BCUT2D eigenvalue weighted by Gasteiger charge is -2.30. The minimum atomic E-state index is -0.593. The van der Waals surface area contributed by atoms with Gasteiger partial charge in [0.15, 0.2) is 0 Å². The number of fused-ring (bicyclic) bond motifs is 1. The number of nitrogens with zero attached hydrogens (tertiary/aromatic N) is 2. The summed E-state index contributed by atoms with van der Waals surface area (Å²) >= 11 is 6.32. The number of rotatable bonds is 5. The Kier molecular flexibility index (Phi) is 6.31. The normalized spacial score (nSPS) is 14.6. The van der Waals surface area contributed by atoms with Crippen molar-refractivity contribution in [3.8, 4) is 0 Å². The van der Waals surface area contributed by atoms with E-state index in [2.05, 4.69) is 21.0 Å². The lowest BCUT2D eigenvalue weighted by atomic mass is 9.94. The maximum atomic E-state index is 13.5. The summed E-state index contributed by atoms with van der Waals surface area (Å²) in [6.45, 7) is 3.78. The van der Waals surface area contributed by atoms with Crippen molar-refractivity contribution in [3.63, 3.8) is 0 Å². The van der Waals surface area contributed by atoms with Crippen molar-refractivity contribution in [2.75, 3.05) is 16.0 Å². The Bertz CT molecular complexity index is 1490. The average molecular weight is 498 g/mol. The monoisotopic (exact) mass is 497 g/mol. The molecule has 0 saturated carbocycles. The van der Waals surface area contributed by atoms with Gasteiger partial charge in [0.05, 0.1) is 11.8 Å². The van der Waals surface area contributed by atoms with Crippen LogP contribution in [0.15, 0.2) is 96.3 Å². The summed E-state index contributed by atoms with van der Waals surface area (Å²) in [6, 6.07) is 23.5. The first-order valence-corrected chi connectivity index (χ1v) is 11.8. The molecule has 36 heavy (non-hydrogen) atoms. The highest BCUT2D eigenvalue weighted by molar-refractivity contribution is 6.30. The first kappa shape index (κ1) is 23.4. The fourth-order valence-corrected chi connectivity index (χ4v) is 4.54. The zero-order valence-corrected chi connectivity index (χ0v) is 20.5. The van der Waals surface area contributed by atoms with Crippen LogP contribution in [0, 0.1) is 6.92 Å². The molecule has 0 bridgehead atoms. The van der Waals surface area contributed by atoms with Crippen LogP contribution in [0.4, 0.5) is 17.2 Å². The second-order valence-corrected chi connectivity index (χ2v) is 9.05.